The molecule has 0 saturated carbocycles. The van der Waals surface area contributed by atoms with Crippen LogP contribution in [-0.4, -0.2) is 21.0 Å². The van der Waals surface area contributed by atoms with Gasteiger partial charge in [0.2, 0.25) is 0 Å². The van der Waals surface area contributed by atoms with E-state index in [0.29, 0.717) is 11.4 Å². The Morgan fingerprint density at radius 2 is 2.05 bits per heavy atom. The van der Waals surface area contributed by atoms with Gasteiger partial charge in [0.15, 0.2) is 0 Å². The molecule has 0 fully saturated rings. The monoisotopic (exact) mass is 314 g/mol. The molecule has 0 saturated heterocycles. The summed E-state index contributed by atoms with van der Waals surface area (Å²) in [6.07, 6.45) is 0.609. The largest absolute Gasteiger partial charge is 0.481 e. The minimum absolute atomic E-state index is 0.0104. The maximum atomic E-state index is 11.0. The van der Waals surface area contributed by atoms with Crippen molar-refractivity contribution in [3.63, 3.8) is 0 Å². The fourth-order valence-corrected chi connectivity index (χ4v) is 2.84. The minimum Gasteiger partial charge on any atom is -0.481 e. The van der Waals surface area contributed by atoms with Gasteiger partial charge in [-0.3, -0.25) is 4.79 Å². The molecule has 0 atom stereocenters. The summed E-state index contributed by atoms with van der Waals surface area (Å²) >= 11 is 6.23. The molecular weight excluding hydrogens is 300 g/mol. The Hall–Kier alpha value is -2.33. The van der Waals surface area contributed by atoms with Crippen molar-refractivity contribution < 1.29 is 9.90 Å². The summed E-state index contributed by atoms with van der Waals surface area (Å²) < 4.78 is 0. The zero-order valence-corrected chi connectivity index (χ0v) is 12.8. The van der Waals surface area contributed by atoms with Crippen molar-refractivity contribution in [1.82, 2.24) is 9.97 Å². The van der Waals surface area contributed by atoms with Crippen LogP contribution in [0.3, 0.4) is 0 Å². The lowest BCUT2D eigenvalue weighted by Crippen LogP contribution is -2.01. The number of hydrogen-bond donors (Lipinski definition) is 2. The maximum absolute atomic E-state index is 11.0. The van der Waals surface area contributed by atoms with Crippen LogP contribution in [0.4, 0.5) is 0 Å². The molecule has 0 spiro atoms. The number of halogens is 1. The molecule has 2 aromatic carbocycles. The quantitative estimate of drug-likeness (QED) is 0.771. The molecule has 0 amide bonds. The molecule has 0 aliphatic carbocycles. The van der Waals surface area contributed by atoms with Crippen LogP contribution in [0.15, 0.2) is 36.4 Å². The topological polar surface area (TPSA) is 66.0 Å². The second kappa shape index (κ2) is 5.81. The van der Waals surface area contributed by atoms with Gasteiger partial charge < -0.3 is 10.1 Å². The lowest BCUT2D eigenvalue weighted by molar-refractivity contribution is -0.136. The Balaban J connectivity index is 2.10. The van der Waals surface area contributed by atoms with E-state index in [4.69, 9.17) is 16.7 Å². The number of nitrogens with zero attached hydrogens (tertiary/aromatic N) is 1. The Kier molecular flexibility index (Phi) is 3.86. The summed E-state index contributed by atoms with van der Waals surface area (Å²) in [6, 6.07) is 11.4. The molecule has 2 N–H and O–H groups in total. The molecule has 5 heteroatoms. The van der Waals surface area contributed by atoms with Crippen molar-refractivity contribution in [2.75, 3.05) is 0 Å². The minimum atomic E-state index is -0.848. The molecule has 1 aromatic heterocycles. The van der Waals surface area contributed by atoms with Crippen molar-refractivity contribution in [1.29, 1.82) is 0 Å². The molecule has 0 aliphatic rings. The van der Waals surface area contributed by atoms with E-state index in [2.05, 4.69) is 9.97 Å². The zero-order valence-electron chi connectivity index (χ0n) is 12.1. The van der Waals surface area contributed by atoms with Crippen LogP contribution in [0.1, 0.15) is 22.5 Å². The summed E-state index contributed by atoms with van der Waals surface area (Å²) in [5.41, 5.74) is 4.46. The smallest absolute Gasteiger partial charge is 0.307 e. The average Bonchev–Trinajstić information content (AvgIpc) is 2.81. The highest BCUT2D eigenvalue weighted by Gasteiger charge is 2.12. The molecule has 4 nitrogen and oxygen atoms in total. The van der Waals surface area contributed by atoms with Crippen LogP contribution in [0, 0.1) is 6.92 Å². The first kappa shape index (κ1) is 14.6. The molecule has 3 aromatic rings. The van der Waals surface area contributed by atoms with Crippen LogP contribution in [-0.2, 0) is 17.6 Å². The number of H-pyrrole nitrogens is 1. The number of imidazole rings is 1. The number of nitrogens with one attached hydrogen (secondary N) is 1. The first-order valence-electron chi connectivity index (χ1n) is 6.96. The number of carbonyl (C=O) groups is 1. The number of aromatic amines is 1. The molecule has 0 bridgehead atoms. The predicted molar refractivity (Wildman–Crippen MR) is 86.4 cm³/mol. The molecule has 22 heavy (non-hydrogen) atoms. The van der Waals surface area contributed by atoms with E-state index in [1.807, 2.05) is 43.3 Å². The van der Waals surface area contributed by atoms with Crippen LogP contribution < -0.4 is 0 Å². The Morgan fingerprint density at radius 3 is 2.77 bits per heavy atom. The summed E-state index contributed by atoms with van der Waals surface area (Å²) in [5, 5.41) is 9.72. The second-order valence-electron chi connectivity index (χ2n) is 5.31. The van der Waals surface area contributed by atoms with E-state index >= 15 is 0 Å². The van der Waals surface area contributed by atoms with Gasteiger partial charge in [-0.25, -0.2) is 4.98 Å². The van der Waals surface area contributed by atoms with Gasteiger partial charge in [0.05, 0.1) is 17.5 Å². The number of carboxylic acids is 1. The molecule has 0 aliphatic heterocycles. The lowest BCUT2D eigenvalue weighted by Gasteiger charge is -2.07. The Bertz CT molecular complexity index is 855. The van der Waals surface area contributed by atoms with Crippen LogP contribution in [0.25, 0.3) is 11.0 Å². The number of benzene rings is 2. The fourth-order valence-electron chi connectivity index (χ4n) is 2.64. The number of aryl methyl sites for hydroxylation is 1. The SMILES string of the molecule is Cc1nc2c(Cc3ccccc3Cl)cc(CC(=O)O)cc2[nH]1. The first-order chi connectivity index (χ1) is 10.5. The summed E-state index contributed by atoms with van der Waals surface area (Å²) in [5.74, 6) is -0.0397. The lowest BCUT2D eigenvalue weighted by atomic mass is 10.00. The van der Waals surface area contributed by atoms with Gasteiger partial charge in [0, 0.05) is 11.4 Å². The van der Waals surface area contributed by atoms with Gasteiger partial charge in [-0.1, -0.05) is 35.9 Å². The van der Waals surface area contributed by atoms with E-state index in [-0.39, 0.29) is 6.42 Å². The number of aliphatic carboxylic acids is 1. The highest BCUT2D eigenvalue weighted by atomic mass is 35.5. The normalized spacial score (nSPS) is 11.0. The van der Waals surface area contributed by atoms with Crippen molar-refractivity contribution in [3.8, 4) is 0 Å². The third kappa shape index (κ3) is 2.97. The summed E-state index contributed by atoms with van der Waals surface area (Å²) in [4.78, 5) is 18.7. The summed E-state index contributed by atoms with van der Waals surface area (Å²) in [6.45, 7) is 1.89. The third-order valence-corrected chi connectivity index (χ3v) is 3.91. The average molecular weight is 315 g/mol. The van der Waals surface area contributed by atoms with Crippen molar-refractivity contribution in [2.45, 2.75) is 19.8 Å². The molecule has 3 rings (SSSR count). The predicted octanol–water partition coefficient (Wildman–Crippen LogP) is 3.74. The molecule has 0 unspecified atom stereocenters. The van der Waals surface area contributed by atoms with Gasteiger partial charge in [0.1, 0.15) is 5.82 Å². The fraction of sp³-hybridized carbons (Fsp3) is 0.176. The highest BCUT2D eigenvalue weighted by Crippen LogP contribution is 2.25. The Labute approximate surface area is 132 Å². The third-order valence-electron chi connectivity index (χ3n) is 3.54. The van der Waals surface area contributed by atoms with E-state index in [9.17, 15) is 4.79 Å². The number of carboxylic acid groups (broad SMARTS) is 1. The number of hydrogen-bond acceptors (Lipinski definition) is 2. The van der Waals surface area contributed by atoms with Crippen molar-refractivity contribution in [3.05, 3.63) is 63.9 Å². The number of rotatable bonds is 4. The molecule has 0 radical (unpaired) electrons. The molecular formula is C17H15ClN2O2. The van der Waals surface area contributed by atoms with E-state index in [0.717, 1.165) is 33.5 Å². The van der Waals surface area contributed by atoms with Crippen LogP contribution >= 0.6 is 11.6 Å². The molecule has 1 heterocycles. The van der Waals surface area contributed by atoms with Gasteiger partial charge in [-0.05, 0) is 35.7 Å². The second-order valence-corrected chi connectivity index (χ2v) is 5.72. The standard InChI is InChI=1S/C17H15ClN2O2/c1-10-19-15-7-11(8-16(21)22)6-13(17(15)20-10)9-12-4-2-3-5-14(12)18/h2-7H,8-9H2,1H3,(H,19,20)(H,21,22). The maximum Gasteiger partial charge on any atom is 0.307 e. The molecule has 112 valence electrons. The van der Waals surface area contributed by atoms with Crippen LogP contribution in [0.5, 0.6) is 0 Å². The van der Waals surface area contributed by atoms with Gasteiger partial charge in [0.25, 0.3) is 0 Å². The van der Waals surface area contributed by atoms with Gasteiger partial charge in [-0.2, -0.15) is 0 Å². The van der Waals surface area contributed by atoms with Crippen molar-refractivity contribution in [2.24, 2.45) is 0 Å². The van der Waals surface area contributed by atoms with Crippen molar-refractivity contribution >= 4 is 28.6 Å². The number of aromatic nitrogens is 2. The Morgan fingerprint density at radius 1 is 1.27 bits per heavy atom. The van der Waals surface area contributed by atoms with E-state index < -0.39 is 5.97 Å². The van der Waals surface area contributed by atoms with Gasteiger partial charge in [-0.15, -0.1) is 0 Å². The van der Waals surface area contributed by atoms with E-state index in [1.165, 1.54) is 0 Å². The van der Waals surface area contributed by atoms with Crippen LogP contribution in [0.2, 0.25) is 5.02 Å². The van der Waals surface area contributed by atoms with Gasteiger partial charge >= 0.3 is 5.97 Å². The van der Waals surface area contributed by atoms with E-state index in [1.54, 1.807) is 0 Å². The summed E-state index contributed by atoms with van der Waals surface area (Å²) in [7, 11) is 0. The highest BCUT2D eigenvalue weighted by molar-refractivity contribution is 6.31. The first-order valence-corrected chi connectivity index (χ1v) is 7.34. The zero-order chi connectivity index (χ0) is 15.7. The number of fused-ring (bicyclic) bond motifs is 1.